The standard InChI is InChI=1S/C11H21N3O/c1-7(2)9(4)15-11-10(6-12)8(3)13-14(11)5/h7,9H,6,12H2,1-5H3. The minimum absolute atomic E-state index is 0.171. The van der Waals surface area contributed by atoms with Crippen LogP contribution in [-0.2, 0) is 13.6 Å². The van der Waals surface area contributed by atoms with E-state index in [1.165, 1.54) is 0 Å². The summed E-state index contributed by atoms with van der Waals surface area (Å²) < 4.78 is 7.63. The summed E-state index contributed by atoms with van der Waals surface area (Å²) in [6.07, 6.45) is 0.171. The van der Waals surface area contributed by atoms with Crippen molar-refractivity contribution in [2.75, 3.05) is 0 Å². The molecule has 2 N–H and O–H groups in total. The Labute approximate surface area is 91.4 Å². The molecule has 1 unspecified atom stereocenters. The first-order valence-corrected chi connectivity index (χ1v) is 5.36. The van der Waals surface area contributed by atoms with Gasteiger partial charge in [-0.15, -0.1) is 0 Å². The summed E-state index contributed by atoms with van der Waals surface area (Å²) in [6.45, 7) is 8.76. The van der Waals surface area contributed by atoms with Crippen LogP contribution in [0.2, 0.25) is 0 Å². The molecule has 1 heterocycles. The van der Waals surface area contributed by atoms with Crippen molar-refractivity contribution in [3.63, 3.8) is 0 Å². The van der Waals surface area contributed by atoms with Crippen LogP contribution in [0.25, 0.3) is 0 Å². The van der Waals surface area contributed by atoms with Crippen molar-refractivity contribution in [2.45, 2.75) is 40.3 Å². The number of hydrogen-bond donors (Lipinski definition) is 1. The van der Waals surface area contributed by atoms with Gasteiger partial charge in [0.1, 0.15) is 0 Å². The predicted octanol–water partition coefficient (Wildman–Crippen LogP) is 1.61. The first-order valence-electron chi connectivity index (χ1n) is 5.36. The Kier molecular flexibility index (Phi) is 3.74. The lowest BCUT2D eigenvalue weighted by atomic mass is 10.1. The number of aryl methyl sites for hydroxylation is 2. The molecule has 1 aromatic heterocycles. The highest BCUT2D eigenvalue weighted by Gasteiger charge is 2.17. The van der Waals surface area contributed by atoms with Crippen molar-refractivity contribution in [2.24, 2.45) is 18.7 Å². The molecule has 86 valence electrons. The van der Waals surface area contributed by atoms with Crippen LogP contribution in [0.1, 0.15) is 32.0 Å². The molecule has 0 aliphatic carbocycles. The maximum atomic E-state index is 5.87. The summed E-state index contributed by atoms with van der Waals surface area (Å²) in [5.41, 5.74) is 7.64. The molecule has 0 aliphatic rings. The fourth-order valence-electron chi connectivity index (χ4n) is 1.38. The minimum atomic E-state index is 0.171. The van der Waals surface area contributed by atoms with Gasteiger partial charge in [0.2, 0.25) is 5.88 Å². The Morgan fingerprint density at radius 3 is 2.47 bits per heavy atom. The fourth-order valence-corrected chi connectivity index (χ4v) is 1.38. The molecule has 0 radical (unpaired) electrons. The van der Waals surface area contributed by atoms with E-state index in [1.807, 2.05) is 14.0 Å². The van der Waals surface area contributed by atoms with Crippen LogP contribution < -0.4 is 10.5 Å². The van der Waals surface area contributed by atoms with Crippen LogP contribution in [0, 0.1) is 12.8 Å². The Bertz CT molecular complexity index is 331. The third-order valence-electron chi connectivity index (χ3n) is 2.73. The number of ether oxygens (including phenoxy) is 1. The molecule has 1 atom stereocenters. The van der Waals surface area contributed by atoms with Crippen LogP contribution in [0.4, 0.5) is 0 Å². The van der Waals surface area contributed by atoms with Gasteiger partial charge in [-0.05, 0) is 19.8 Å². The molecule has 1 rings (SSSR count). The van der Waals surface area contributed by atoms with E-state index in [-0.39, 0.29) is 6.10 Å². The molecule has 0 fully saturated rings. The van der Waals surface area contributed by atoms with E-state index >= 15 is 0 Å². The Morgan fingerprint density at radius 1 is 1.40 bits per heavy atom. The summed E-state index contributed by atoms with van der Waals surface area (Å²) in [5, 5.41) is 4.31. The predicted molar refractivity (Wildman–Crippen MR) is 60.8 cm³/mol. The van der Waals surface area contributed by atoms with Crippen molar-refractivity contribution in [3.8, 4) is 5.88 Å². The van der Waals surface area contributed by atoms with Crippen molar-refractivity contribution in [3.05, 3.63) is 11.3 Å². The van der Waals surface area contributed by atoms with E-state index in [2.05, 4.69) is 25.9 Å². The lowest BCUT2D eigenvalue weighted by molar-refractivity contribution is 0.154. The zero-order valence-electron chi connectivity index (χ0n) is 10.2. The smallest absolute Gasteiger partial charge is 0.216 e. The molecule has 4 heteroatoms. The summed E-state index contributed by atoms with van der Waals surface area (Å²) in [5.74, 6) is 1.28. The van der Waals surface area contributed by atoms with Gasteiger partial charge in [0, 0.05) is 13.6 Å². The number of nitrogens with two attached hydrogens (primary N) is 1. The van der Waals surface area contributed by atoms with Gasteiger partial charge in [-0.2, -0.15) is 5.10 Å². The average Bonchev–Trinajstić information content (AvgIpc) is 2.41. The van der Waals surface area contributed by atoms with Gasteiger partial charge in [0.15, 0.2) is 0 Å². The number of aromatic nitrogens is 2. The molecular formula is C11H21N3O. The second kappa shape index (κ2) is 4.66. The van der Waals surface area contributed by atoms with Crippen molar-refractivity contribution < 1.29 is 4.74 Å². The number of nitrogens with zero attached hydrogens (tertiary/aromatic N) is 2. The Morgan fingerprint density at radius 2 is 2.00 bits per heavy atom. The zero-order chi connectivity index (χ0) is 11.6. The van der Waals surface area contributed by atoms with Gasteiger partial charge in [0.05, 0.1) is 17.4 Å². The molecule has 0 saturated heterocycles. The summed E-state index contributed by atoms with van der Waals surface area (Å²) >= 11 is 0. The monoisotopic (exact) mass is 211 g/mol. The molecule has 15 heavy (non-hydrogen) atoms. The first kappa shape index (κ1) is 12.0. The first-order chi connectivity index (χ1) is 6.97. The van der Waals surface area contributed by atoms with E-state index in [9.17, 15) is 0 Å². The Hall–Kier alpha value is -1.03. The molecule has 4 nitrogen and oxygen atoms in total. The van der Waals surface area contributed by atoms with Gasteiger partial charge in [-0.25, -0.2) is 4.68 Å². The van der Waals surface area contributed by atoms with E-state index in [4.69, 9.17) is 10.5 Å². The fraction of sp³-hybridized carbons (Fsp3) is 0.727. The summed E-state index contributed by atoms with van der Waals surface area (Å²) in [4.78, 5) is 0. The highest BCUT2D eigenvalue weighted by Crippen LogP contribution is 2.23. The SMILES string of the molecule is Cc1nn(C)c(OC(C)C(C)C)c1CN. The van der Waals surface area contributed by atoms with Gasteiger partial charge in [-0.3, -0.25) is 0 Å². The van der Waals surface area contributed by atoms with Gasteiger partial charge in [0.25, 0.3) is 0 Å². The highest BCUT2D eigenvalue weighted by atomic mass is 16.5. The lowest BCUT2D eigenvalue weighted by Crippen LogP contribution is -2.21. The average molecular weight is 211 g/mol. The molecule has 0 aromatic carbocycles. The summed E-state index contributed by atoms with van der Waals surface area (Å²) in [6, 6.07) is 0. The van der Waals surface area contributed by atoms with Crippen LogP contribution in [0.5, 0.6) is 5.88 Å². The minimum Gasteiger partial charge on any atom is -0.474 e. The van der Waals surface area contributed by atoms with Gasteiger partial charge in [-0.1, -0.05) is 13.8 Å². The topological polar surface area (TPSA) is 53.1 Å². The normalized spacial score (nSPS) is 13.3. The maximum absolute atomic E-state index is 5.87. The second-order valence-electron chi connectivity index (χ2n) is 4.26. The molecule has 0 bridgehead atoms. The van der Waals surface area contributed by atoms with Crippen LogP contribution in [0.3, 0.4) is 0 Å². The zero-order valence-corrected chi connectivity index (χ0v) is 10.2. The largest absolute Gasteiger partial charge is 0.474 e. The molecule has 0 amide bonds. The van der Waals surface area contributed by atoms with Crippen LogP contribution in [0.15, 0.2) is 0 Å². The van der Waals surface area contributed by atoms with Crippen molar-refractivity contribution >= 4 is 0 Å². The highest BCUT2D eigenvalue weighted by molar-refractivity contribution is 5.30. The third-order valence-corrected chi connectivity index (χ3v) is 2.73. The quantitative estimate of drug-likeness (QED) is 0.823. The van der Waals surface area contributed by atoms with Gasteiger partial charge >= 0.3 is 0 Å². The number of hydrogen-bond acceptors (Lipinski definition) is 3. The summed E-state index contributed by atoms with van der Waals surface area (Å²) in [7, 11) is 1.88. The lowest BCUT2D eigenvalue weighted by Gasteiger charge is -2.18. The Balaban J connectivity index is 2.93. The molecular weight excluding hydrogens is 190 g/mol. The van der Waals surface area contributed by atoms with Crippen molar-refractivity contribution in [1.82, 2.24) is 9.78 Å². The second-order valence-corrected chi connectivity index (χ2v) is 4.26. The van der Waals surface area contributed by atoms with Gasteiger partial charge < -0.3 is 10.5 Å². The van der Waals surface area contributed by atoms with Crippen LogP contribution >= 0.6 is 0 Å². The molecule has 0 spiro atoms. The van der Waals surface area contributed by atoms with Crippen LogP contribution in [-0.4, -0.2) is 15.9 Å². The van der Waals surface area contributed by atoms with E-state index in [0.717, 1.165) is 17.1 Å². The molecule has 0 saturated carbocycles. The molecule has 1 aromatic rings. The molecule has 0 aliphatic heterocycles. The van der Waals surface area contributed by atoms with Crippen molar-refractivity contribution in [1.29, 1.82) is 0 Å². The van der Waals surface area contributed by atoms with E-state index in [1.54, 1.807) is 4.68 Å². The van der Waals surface area contributed by atoms with E-state index < -0.39 is 0 Å². The number of rotatable bonds is 4. The van der Waals surface area contributed by atoms with E-state index in [0.29, 0.717) is 12.5 Å². The maximum Gasteiger partial charge on any atom is 0.216 e. The third kappa shape index (κ3) is 2.50.